The van der Waals surface area contributed by atoms with E-state index in [-0.39, 0.29) is 0 Å². The minimum absolute atomic E-state index is 0.871. The molecule has 53 heavy (non-hydrogen) atoms. The Morgan fingerprint density at radius 3 is 1.91 bits per heavy atom. The van der Waals surface area contributed by atoms with Gasteiger partial charge < -0.3 is 9.32 Å². The minimum atomic E-state index is 0.871. The molecule has 11 aromatic rings. The Morgan fingerprint density at radius 2 is 1.02 bits per heavy atom. The predicted molar refractivity (Wildman–Crippen MR) is 227 cm³/mol. The summed E-state index contributed by atoms with van der Waals surface area (Å²) in [4.78, 5) is 2.42. The van der Waals surface area contributed by atoms with Gasteiger partial charge in [0.05, 0.1) is 16.8 Å². The van der Waals surface area contributed by atoms with E-state index in [1.54, 1.807) is 0 Å². The van der Waals surface area contributed by atoms with Crippen LogP contribution >= 0.6 is 11.3 Å². The largest absolute Gasteiger partial charge is 0.456 e. The molecule has 2 aromatic heterocycles. The lowest BCUT2D eigenvalue weighted by molar-refractivity contribution is 0.669. The number of nitrogens with zero attached hydrogens (tertiary/aromatic N) is 1. The maximum atomic E-state index is 6.45. The van der Waals surface area contributed by atoms with E-state index in [0.717, 1.165) is 39.0 Å². The zero-order valence-electron chi connectivity index (χ0n) is 28.7. The molecule has 0 aliphatic carbocycles. The van der Waals surface area contributed by atoms with E-state index < -0.39 is 0 Å². The molecule has 0 N–H and O–H groups in total. The van der Waals surface area contributed by atoms with Crippen molar-refractivity contribution < 1.29 is 4.42 Å². The Hall–Kier alpha value is -6.68. The normalized spacial score (nSPS) is 11.8. The fourth-order valence-electron chi connectivity index (χ4n) is 8.29. The molecule has 0 radical (unpaired) electrons. The van der Waals surface area contributed by atoms with Crippen LogP contribution in [0.25, 0.3) is 85.9 Å². The second-order valence-electron chi connectivity index (χ2n) is 13.6. The zero-order valence-corrected chi connectivity index (χ0v) is 29.5. The van der Waals surface area contributed by atoms with E-state index in [0.29, 0.717) is 0 Å². The van der Waals surface area contributed by atoms with E-state index >= 15 is 0 Å². The Balaban J connectivity index is 1.16. The third-order valence-electron chi connectivity index (χ3n) is 10.7. The van der Waals surface area contributed by atoms with Gasteiger partial charge in [-0.2, -0.15) is 0 Å². The van der Waals surface area contributed by atoms with Gasteiger partial charge >= 0.3 is 0 Å². The summed E-state index contributed by atoms with van der Waals surface area (Å²) in [6.45, 7) is 0. The molecule has 9 aromatic carbocycles. The third-order valence-corrected chi connectivity index (χ3v) is 11.9. The van der Waals surface area contributed by atoms with Gasteiger partial charge in [-0.05, 0) is 86.8 Å². The van der Waals surface area contributed by atoms with E-state index in [1.807, 2.05) is 17.4 Å². The lowest BCUT2D eigenvalue weighted by Crippen LogP contribution is -2.11. The molecule has 0 spiro atoms. The smallest absolute Gasteiger partial charge is 0.137 e. The van der Waals surface area contributed by atoms with Gasteiger partial charge in [0.1, 0.15) is 11.2 Å². The molecule has 0 aliphatic rings. The van der Waals surface area contributed by atoms with Crippen molar-refractivity contribution in [1.82, 2.24) is 0 Å². The molecule has 0 saturated heterocycles. The summed E-state index contributed by atoms with van der Waals surface area (Å²) >= 11 is 1.87. The topological polar surface area (TPSA) is 16.4 Å². The average Bonchev–Trinajstić information content (AvgIpc) is 3.80. The first-order chi connectivity index (χ1) is 26.3. The number of para-hydroxylation sites is 2. The van der Waals surface area contributed by atoms with Gasteiger partial charge in [0.15, 0.2) is 0 Å². The number of hydrogen-bond acceptors (Lipinski definition) is 3. The van der Waals surface area contributed by atoms with Crippen LogP contribution in [0, 0.1) is 0 Å². The van der Waals surface area contributed by atoms with Gasteiger partial charge in [0.25, 0.3) is 0 Å². The van der Waals surface area contributed by atoms with E-state index in [4.69, 9.17) is 4.42 Å². The Bertz CT molecular complexity index is 3190. The van der Waals surface area contributed by atoms with Crippen molar-refractivity contribution in [2.45, 2.75) is 0 Å². The van der Waals surface area contributed by atoms with Crippen LogP contribution in [0.1, 0.15) is 0 Å². The Labute approximate surface area is 310 Å². The molecule has 0 atom stereocenters. The quantitative estimate of drug-likeness (QED) is 0.167. The van der Waals surface area contributed by atoms with Crippen LogP contribution in [0.3, 0.4) is 0 Å². The maximum absolute atomic E-state index is 6.45. The number of benzene rings is 9. The van der Waals surface area contributed by atoms with Crippen molar-refractivity contribution in [3.05, 3.63) is 188 Å². The number of fused-ring (bicyclic) bond motifs is 9. The SMILES string of the molecule is c1ccc(N(c2ccc(-c3cccc4c3sc3ccccc34)cc2)c2cccc3oc4ccccc4c23)c(-c2cc3ccccc3c3ccccc23)c1. The molecule has 2 nitrogen and oxygen atoms in total. The van der Waals surface area contributed by atoms with Crippen LogP contribution in [0.5, 0.6) is 0 Å². The number of furan rings is 1. The molecule has 2 heterocycles. The molecule has 0 amide bonds. The molecule has 0 aliphatic heterocycles. The molecule has 0 bridgehead atoms. The Morgan fingerprint density at radius 1 is 0.396 bits per heavy atom. The van der Waals surface area contributed by atoms with Crippen molar-refractivity contribution in [2.75, 3.05) is 4.90 Å². The van der Waals surface area contributed by atoms with Crippen molar-refractivity contribution in [1.29, 1.82) is 0 Å². The lowest BCUT2D eigenvalue weighted by Gasteiger charge is -2.29. The van der Waals surface area contributed by atoms with Crippen LogP contribution in [-0.2, 0) is 0 Å². The van der Waals surface area contributed by atoms with Crippen LogP contribution < -0.4 is 4.90 Å². The van der Waals surface area contributed by atoms with Gasteiger partial charge in [0.2, 0.25) is 0 Å². The van der Waals surface area contributed by atoms with Gasteiger partial charge in [-0.1, -0.05) is 140 Å². The van der Waals surface area contributed by atoms with Crippen LogP contribution in [0.15, 0.2) is 192 Å². The van der Waals surface area contributed by atoms with Gasteiger partial charge in [-0.15, -0.1) is 11.3 Å². The second-order valence-corrected chi connectivity index (χ2v) is 14.7. The summed E-state index contributed by atoms with van der Waals surface area (Å²) < 4.78 is 9.09. The number of thiophene rings is 1. The summed E-state index contributed by atoms with van der Waals surface area (Å²) in [6.07, 6.45) is 0. The van der Waals surface area contributed by atoms with Gasteiger partial charge in [-0.25, -0.2) is 0 Å². The lowest BCUT2D eigenvalue weighted by atomic mass is 9.92. The molecule has 0 fully saturated rings. The number of anilines is 3. The van der Waals surface area contributed by atoms with Gasteiger partial charge in [0, 0.05) is 36.8 Å². The summed E-state index contributed by atoms with van der Waals surface area (Å²) in [5.74, 6) is 0. The Kier molecular flexibility index (Phi) is 6.76. The first kappa shape index (κ1) is 30.0. The van der Waals surface area contributed by atoms with Crippen LogP contribution in [0.2, 0.25) is 0 Å². The summed E-state index contributed by atoms with van der Waals surface area (Å²) in [6, 6.07) is 68.0. The number of hydrogen-bond donors (Lipinski definition) is 0. The van der Waals surface area contributed by atoms with Crippen LogP contribution in [0.4, 0.5) is 17.1 Å². The second kappa shape index (κ2) is 11.9. The van der Waals surface area contributed by atoms with E-state index in [2.05, 4.69) is 187 Å². The van der Waals surface area contributed by atoms with E-state index in [9.17, 15) is 0 Å². The number of rotatable bonds is 5. The highest BCUT2D eigenvalue weighted by Crippen LogP contribution is 2.48. The summed E-state index contributed by atoms with van der Waals surface area (Å²) in [5.41, 5.74) is 9.84. The molecular formula is C50H31NOS. The highest BCUT2D eigenvalue weighted by molar-refractivity contribution is 7.26. The summed E-state index contributed by atoms with van der Waals surface area (Å²) in [7, 11) is 0. The average molecular weight is 694 g/mol. The first-order valence-corrected chi connectivity index (χ1v) is 18.8. The zero-order chi connectivity index (χ0) is 34.9. The molecule has 248 valence electrons. The predicted octanol–water partition coefficient (Wildman–Crippen LogP) is 15.1. The third kappa shape index (κ3) is 4.71. The van der Waals surface area contributed by atoms with Crippen molar-refractivity contribution in [2.24, 2.45) is 0 Å². The van der Waals surface area contributed by atoms with Crippen LogP contribution in [-0.4, -0.2) is 0 Å². The van der Waals surface area contributed by atoms with Crippen molar-refractivity contribution in [3.63, 3.8) is 0 Å². The summed E-state index contributed by atoms with van der Waals surface area (Å²) in [5, 5.41) is 9.80. The fraction of sp³-hybridized carbons (Fsp3) is 0. The van der Waals surface area contributed by atoms with E-state index in [1.165, 1.54) is 64.0 Å². The first-order valence-electron chi connectivity index (χ1n) is 18.0. The highest BCUT2D eigenvalue weighted by atomic mass is 32.1. The van der Waals surface area contributed by atoms with Crippen molar-refractivity contribution >= 4 is 92.1 Å². The van der Waals surface area contributed by atoms with Crippen molar-refractivity contribution in [3.8, 4) is 22.3 Å². The molecule has 0 unspecified atom stereocenters. The minimum Gasteiger partial charge on any atom is -0.456 e. The van der Waals surface area contributed by atoms with Gasteiger partial charge in [-0.3, -0.25) is 0 Å². The monoisotopic (exact) mass is 693 g/mol. The highest BCUT2D eigenvalue weighted by Gasteiger charge is 2.23. The molecule has 11 rings (SSSR count). The molecular weight excluding hydrogens is 663 g/mol. The standard InChI is InChI=1S/C50H31NOS/c1-2-14-35-33(13-1)31-43(38-16-4-3-15-37(35)38)39-17-5-8-22-44(39)51(45-23-12-25-47-49(45)42-19-6-9-24-46(42)52-47)34-29-27-32(28-30-34)36-20-11-21-41-40-18-7-10-26-48(40)53-50(36)41/h1-31H. The molecule has 0 saturated carbocycles. The fourth-order valence-corrected chi connectivity index (χ4v) is 9.53. The molecule has 3 heteroatoms. The maximum Gasteiger partial charge on any atom is 0.137 e.